The van der Waals surface area contributed by atoms with Crippen molar-refractivity contribution < 1.29 is 19.5 Å². The van der Waals surface area contributed by atoms with Crippen molar-refractivity contribution in [3.05, 3.63) is 65.2 Å². The lowest BCUT2D eigenvalue weighted by Gasteiger charge is -2.39. The van der Waals surface area contributed by atoms with Crippen molar-refractivity contribution in [2.45, 2.75) is 41.5 Å². The first-order chi connectivity index (χ1) is 12.9. The molecule has 1 N–H and O–H groups in total. The molecule has 4 heteroatoms. The average molecular weight is 380 g/mol. The number of rotatable bonds is 7. The molecule has 4 nitrogen and oxygen atoms in total. The van der Waals surface area contributed by atoms with Crippen LogP contribution in [0, 0.1) is 16.7 Å². The molecule has 0 saturated carbocycles. The van der Waals surface area contributed by atoms with E-state index in [4.69, 9.17) is 0 Å². The average Bonchev–Trinajstić information content (AvgIpc) is 2.66. The van der Waals surface area contributed by atoms with Crippen molar-refractivity contribution >= 4 is 17.3 Å². The van der Waals surface area contributed by atoms with Gasteiger partial charge in [-0.1, -0.05) is 65.8 Å². The van der Waals surface area contributed by atoms with Crippen molar-refractivity contribution in [2.24, 2.45) is 16.7 Å². The van der Waals surface area contributed by atoms with Gasteiger partial charge in [-0.05, 0) is 24.3 Å². The third-order valence-electron chi connectivity index (χ3n) is 5.78. The van der Waals surface area contributed by atoms with Gasteiger partial charge in [-0.25, -0.2) is 0 Å². The number of Topliss-reactive ketones (excluding diaryl/α,β-unsaturated/α-hetero) is 3. The number of carbonyl (C=O) groups excluding carboxylic acids is 3. The lowest BCUT2D eigenvalue weighted by Crippen LogP contribution is -2.45. The van der Waals surface area contributed by atoms with Gasteiger partial charge in [0.05, 0.1) is 0 Å². The van der Waals surface area contributed by atoms with Gasteiger partial charge in [0.1, 0.15) is 5.75 Å². The fraction of sp³-hybridized carbons (Fsp3) is 0.375. The van der Waals surface area contributed by atoms with Crippen LogP contribution in [0.4, 0.5) is 0 Å². The Morgan fingerprint density at radius 2 is 1.00 bits per heavy atom. The van der Waals surface area contributed by atoms with Crippen molar-refractivity contribution in [1.29, 1.82) is 0 Å². The molecule has 0 fully saturated rings. The van der Waals surface area contributed by atoms with Crippen LogP contribution in [-0.4, -0.2) is 22.5 Å². The van der Waals surface area contributed by atoms with E-state index in [-0.39, 0.29) is 29.0 Å². The number of phenolic OH excluding ortho intramolecular Hbond substituents is 1. The van der Waals surface area contributed by atoms with E-state index in [2.05, 4.69) is 0 Å². The molecule has 0 aliphatic rings. The van der Waals surface area contributed by atoms with Gasteiger partial charge in [-0.2, -0.15) is 0 Å². The standard InChI is InChI=1S/C24H28O4/c1-15(2)20(26)16-7-9-17(10-8-16)21(27)23(3,4)24(5,6)22(28)18-11-13-19(25)14-12-18/h7-15,25H,1-6H3. The molecule has 0 aromatic heterocycles. The van der Waals surface area contributed by atoms with Gasteiger partial charge in [0.25, 0.3) is 0 Å². The van der Waals surface area contributed by atoms with Crippen LogP contribution in [0.1, 0.15) is 72.6 Å². The zero-order valence-corrected chi connectivity index (χ0v) is 17.4. The molecule has 0 spiro atoms. The number of benzene rings is 2. The molecule has 0 unspecified atom stereocenters. The second-order valence-electron chi connectivity index (χ2n) is 8.55. The van der Waals surface area contributed by atoms with Crippen LogP contribution in [0.15, 0.2) is 48.5 Å². The number of phenols is 1. The minimum atomic E-state index is -0.981. The number of hydrogen-bond donors (Lipinski definition) is 1. The zero-order chi connectivity index (χ0) is 21.3. The van der Waals surface area contributed by atoms with Crippen LogP contribution in [0.2, 0.25) is 0 Å². The summed E-state index contributed by atoms with van der Waals surface area (Å²) in [7, 11) is 0. The first-order valence-corrected chi connectivity index (χ1v) is 9.42. The zero-order valence-electron chi connectivity index (χ0n) is 17.4. The van der Waals surface area contributed by atoms with Crippen LogP contribution in [-0.2, 0) is 0 Å². The summed E-state index contributed by atoms with van der Waals surface area (Å²) in [4.78, 5) is 38.4. The molecule has 0 aliphatic heterocycles. The molecule has 0 radical (unpaired) electrons. The quantitative estimate of drug-likeness (QED) is 0.657. The fourth-order valence-electron chi connectivity index (χ4n) is 3.02. The van der Waals surface area contributed by atoms with Crippen molar-refractivity contribution in [2.75, 3.05) is 0 Å². The van der Waals surface area contributed by atoms with E-state index in [0.29, 0.717) is 16.7 Å². The van der Waals surface area contributed by atoms with E-state index in [1.54, 1.807) is 64.1 Å². The first kappa shape index (κ1) is 21.5. The number of hydrogen-bond acceptors (Lipinski definition) is 4. The minimum absolute atomic E-state index is 0.0288. The summed E-state index contributed by atoms with van der Waals surface area (Å²) >= 11 is 0. The highest BCUT2D eigenvalue weighted by molar-refractivity contribution is 6.08. The Balaban J connectivity index is 2.33. The molecular formula is C24H28O4. The summed E-state index contributed by atoms with van der Waals surface area (Å²) in [6.07, 6.45) is 0. The fourth-order valence-corrected chi connectivity index (χ4v) is 3.02. The van der Waals surface area contributed by atoms with E-state index in [9.17, 15) is 19.5 Å². The maximum atomic E-state index is 13.2. The normalized spacial score (nSPS) is 12.1. The lowest BCUT2D eigenvalue weighted by atomic mass is 9.61. The van der Waals surface area contributed by atoms with Gasteiger partial charge in [0, 0.05) is 33.4 Å². The SMILES string of the molecule is CC(C)C(=O)c1ccc(C(=O)C(C)(C)C(C)(C)C(=O)c2ccc(O)cc2)cc1. The van der Waals surface area contributed by atoms with Gasteiger partial charge < -0.3 is 5.11 Å². The van der Waals surface area contributed by atoms with Crippen molar-refractivity contribution in [3.8, 4) is 5.75 Å². The number of carbonyl (C=O) groups is 3. The molecule has 2 aromatic carbocycles. The summed E-state index contributed by atoms with van der Waals surface area (Å²) in [5, 5.41) is 9.44. The topological polar surface area (TPSA) is 71.4 Å². The van der Waals surface area contributed by atoms with Crippen LogP contribution >= 0.6 is 0 Å². The first-order valence-electron chi connectivity index (χ1n) is 9.42. The maximum absolute atomic E-state index is 13.2. The van der Waals surface area contributed by atoms with Crippen molar-refractivity contribution in [3.63, 3.8) is 0 Å². The molecule has 28 heavy (non-hydrogen) atoms. The monoisotopic (exact) mass is 380 g/mol. The Morgan fingerprint density at radius 1 is 0.679 bits per heavy atom. The van der Waals surface area contributed by atoms with Crippen molar-refractivity contribution in [1.82, 2.24) is 0 Å². The molecule has 0 heterocycles. The number of aromatic hydroxyl groups is 1. The molecule has 2 aromatic rings. The van der Waals surface area contributed by atoms with Gasteiger partial charge in [0.15, 0.2) is 17.3 Å². The Morgan fingerprint density at radius 3 is 1.36 bits per heavy atom. The molecular weight excluding hydrogens is 352 g/mol. The Hall–Kier alpha value is -2.75. The highest BCUT2D eigenvalue weighted by atomic mass is 16.3. The van der Waals surface area contributed by atoms with Crippen LogP contribution in [0.25, 0.3) is 0 Å². The Bertz CT molecular complexity index is 885. The predicted molar refractivity (Wildman–Crippen MR) is 110 cm³/mol. The molecule has 148 valence electrons. The summed E-state index contributed by atoms with van der Waals surface area (Å²) in [6, 6.07) is 12.7. The second kappa shape index (κ2) is 7.70. The molecule has 0 atom stereocenters. The van der Waals surface area contributed by atoms with E-state index < -0.39 is 10.8 Å². The number of ketones is 3. The van der Waals surface area contributed by atoms with Gasteiger partial charge in [0.2, 0.25) is 0 Å². The summed E-state index contributed by atoms with van der Waals surface area (Å²) < 4.78 is 0. The van der Waals surface area contributed by atoms with E-state index in [0.717, 1.165) is 0 Å². The summed E-state index contributed by atoms with van der Waals surface area (Å²) in [5.74, 6) is -0.327. The van der Waals surface area contributed by atoms with E-state index >= 15 is 0 Å². The molecule has 0 aliphatic carbocycles. The van der Waals surface area contributed by atoms with E-state index in [1.807, 2.05) is 13.8 Å². The van der Waals surface area contributed by atoms with Gasteiger partial charge in [-0.15, -0.1) is 0 Å². The van der Waals surface area contributed by atoms with Gasteiger partial charge >= 0.3 is 0 Å². The maximum Gasteiger partial charge on any atom is 0.169 e. The smallest absolute Gasteiger partial charge is 0.169 e. The minimum Gasteiger partial charge on any atom is -0.508 e. The summed E-state index contributed by atoms with van der Waals surface area (Å²) in [6.45, 7) is 10.7. The summed E-state index contributed by atoms with van der Waals surface area (Å²) in [5.41, 5.74) is -0.471. The predicted octanol–water partition coefficient (Wildman–Crippen LogP) is 5.35. The van der Waals surface area contributed by atoms with Crippen LogP contribution < -0.4 is 0 Å². The third kappa shape index (κ3) is 3.91. The third-order valence-corrected chi connectivity index (χ3v) is 5.78. The molecule has 0 saturated heterocycles. The molecule has 2 rings (SSSR count). The van der Waals surface area contributed by atoms with Crippen LogP contribution in [0.5, 0.6) is 5.75 Å². The Labute approximate surface area is 166 Å². The second-order valence-corrected chi connectivity index (χ2v) is 8.55. The van der Waals surface area contributed by atoms with Gasteiger partial charge in [-0.3, -0.25) is 14.4 Å². The highest BCUT2D eigenvalue weighted by Gasteiger charge is 2.48. The molecule has 0 amide bonds. The van der Waals surface area contributed by atoms with E-state index in [1.165, 1.54) is 12.1 Å². The lowest BCUT2D eigenvalue weighted by molar-refractivity contribution is 0.0476. The largest absolute Gasteiger partial charge is 0.508 e. The molecule has 0 bridgehead atoms. The Kier molecular flexibility index (Phi) is 5.93. The van der Waals surface area contributed by atoms with Crippen LogP contribution in [0.3, 0.4) is 0 Å². The highest BCUT2D eigenvalue weighted by Crippen LogP contribution is 2.43.